The van der Waals surface area contributed by atoms with Crippen molar-refractivity contribution in [3.63, 3.8) is 0 Å². The summed E-state index contributed by atoms with van der Waals surface area (Å²) in [5, 5.41) is 23.6. The molecule has 0 amide bonds. The standard InChI is InChI=1S/C17H17N5O2S/c1-11-7-8-12(2)16(9-11)21-17(18-19-20-21)25-13(3)14-5-4-6-15(10-14)22(23)24/h4-10,13H,1-3H3/t13-/m0/s1. The Bertz CT molecular complexity index is 925. The van der Waals surface area contributed by atoms with Gasteiger partial charge in [-0.2, -0.15) is 4.68 Å². The monoisotopic (exact) mass is 355 g/mol. The fraction of sp³-hybridized carbons (Fsp3) is 0.235. The first kappa shape index (κ1) is 17.1. The lowest BCUT2D eigenvalue weighted by Crippen LogP contribution is -2.03. The van der Waals surface area contributed by atoms with Crippen LogP contribution in [0.5, 0.6) is 0 Å². The Morgan fingerprint density at radius 3 is 2.76 bits per heavy atom. The third-order valence-corrected chi connectivity index (χ3v) is 4.96. The molecule has 0 aliphatic rings. The van der Waals surface area contributed by atoms with Crippen LogP contribution < -0.4 is 0 Å². The van der Waals surface area contributed by atoms with E-state index in [2.05, 4.69) is 15.5 Å². The number of rotatable bonds is 5. The van der Waals surface area contributed by atoms with E-state index in [0.29, 0.717) is 5.16 Å². The highest BCUT2D eigenvalue weighted by atomic mass is 32.2. The molecule has 0 unspecified atom stereocenters. The summed E-state index contributed by atoms with van der Waals surface area (Å²) >= 11 is 1.46. The molecule has 8 heteroatoms. The summed E-state index contributed by atoms with van der Waals surface area (Å²) < 4.78 is 1.71. The zero-order chi connectivity index (χ0) is 18.0. The van der Waals surface area contributed by atoms with Gasteiger partial charge < -0.3 is 0 Å². The van der Waals surface area contributed by atoms with Gasteiger partial charge in [0.1, 0.15) is 0 Å². The second kappa shape index (κ2) is 7.02. The number of hydrogen-bond donors (Lipinski definition) is 0. The SMILES string of the molecule is Cc1ccc(C)c(-n2nnnc2S[C@@H](C)c2cccc([N+](=O)[O-])c2)c1. The molecule has 1 atom stereocenters. The van der Waals surface area contributed by atoms with Gasteiger partial charge in [-0.3, -0.25) is 10.1 Å². The van der Waals surface area contributed by atoms with Crippen LogP contribution in [-0.2, 0) is 0 Å². The molecule has 0 saturated carbocycles. The first-order valence-electron chi connectivity index (χ1n) is 7.72. The summed E-state index contributed by atoms with van der Waals surface area (Å²) in [6.07, 6.45) is 0. The molecule has 0 fully saturated rings. The van der Waals surface area contributed by atoms with Crippen LogP contribution in [0.15, 0.2) is 47.6 Å². The molecule has 0 aliphatic heterocycles. The normalized spacial score (nSPS) is 12.1. The summed E-state index contributed by atoms with van der Waals surface area (Å²) in [5.41, 5.74) is 4.06. The average Bonchev–Trinajstić information content (AvgIpc) is 3.05. The number of aromatic nitrogens is 4. The smallest absolute Gasteiger partial charge is 0.258 e. The lowest BCUT2D eigenvalue weighted by molar-refractivity contribution is -0.384. The summed E-state index contributed by atoms with van der Waals surface area (Å²) in [5.74, 6) is 0. The van der Waals surface area contributed by atoms with Crippen molar-refractivity contribution in [2.75, 3.05) is 0 Å². The number of nitrogens with zero attached hydrogens (tertiary/aromatic N) is 5. The van der Waals surface area contributed by atoms with Crippen LogP contribution in [0.25, 0.3) is 5.69 Å². The minimum atomic E-state index is -0.388. The van der Waals surface area contributed by atoms with Gasteiger partial charge in [0.2, 0.25) is 5.16 Å². The van der Waals surface area contributed by atoms with Crippen molar-refractivity contribution >= 4 is 17.4 Å². The number of nitro groups is 1. The van der Waals surface area contributed by atoms with Gasteiger partial charge in [0.15, 0.2) is 0 Å². The zero-order valence-electron chi connectivity index (χ0n) is 14.1. The lowest BCUT2D eigenvalue weighted by atomic mass is 10.1. The van der Waals surface area contributed by atoms with Crippen molar-refractivity contribution in [2.45, 2.75) is 31.2 Å². The third kappa shape index (κ3) is 3.69. The number of tetrazole rings is 1. The van der Waals surface area contributed by atoms with E-state index in [0.717, 1.165) is 22.4 Å². The van der Waals surface area contributed by atoms with Crippen molar-refractivity contribution < 1.29 is 4.92 Å². The molecule has 1 aromatic heterocycles. The maximum absolute atomic E-state index is 11.0. The van der Waals surface area contributed by atoms with E-state index in [4.69, 9.17) is 0 Å². The molecule has 0 aliphatic carbocycles. The topological polar surface area (TPSA) is 86.7 Å². The Morgan fingerprint density at radius 1 is 1.20 bits per heavy atom. The van der Waals surface area contributed by atoms with E-state index in [9.17, 15) is 10.1 Å². The Kier molecular flexibility index (Phi) is 4.80. The van der Waals surface area contributed by atoms with Gasteiger partial charge in [-0.15, -0.1) is 5.10 Å². The minimum absolute atomic E-state index is 0.0326. The van der Waals surface area contributed by atoms with Crippen molar-refractivity contribution in [2.24, 2.45) is 0 Å². The highest BCUT2D eigenvalue weighted by Gasteiger charge is 2.17. The Morgan fingerprint density at radius 2 is 2.00 bits per heavy atom. The van der Waals surface area contributed by atoms with Gasteiger partial charge in [0.05, 0.1) is 10.6 Å². The third-order valence-electron chi connectivity index (χ3n) is 3.87. The van der Waals surface area contributed by atoms with Crippen LogP contribution in [0.2, 0.25) is 0 Å². The average molecular weight is 355 g/mol. The minimum Gasteiger partial charge on any atom is -0.258 e. The maximum atomic E-state index is 11.0. The molecule has 0 saturated heterocycles. The Labute approximate surface area is 149 Å². The predicted octanol–water partition coefficient (Wildman–Crippen LogP) is 4.04. The molecule has 3 rings (SSSR count). The zero-order valence-corrected chi connectivity index (χ0v) is 14.9. The highest BCUT2D eigenvalue weighted by Crippen LogP contribution is 2.35. The summed E-state index contributed by atoms with van der Waals surface area (Å²) in [7, 11) is 0. The number of benzene rings is 2. The Hall–Kier alpha value is -2.74. The molecular formula is C17H17N5O2S. The van der Waals surface area contributed by atoms with Crippen LogP contribution in [0, 0.1) is 24.0 Å². The molecular weight excluding hydrogens is 338 g/mol. The molecule has 0 bridgehead atoms. The van der Waals surface area contributed by atoms with Gasteiger partial charge in [-0.1, -0.05) is 36.0 Å². The first-order chi connectivity index (χ1) is 12.0. The van der Waals surface area contributed by atoms with E-state index < -0.39 is 0 Å². The van der Waals surface area contributed by atoms with E-state index in [1.165, 1.54) is 17.8 Å². The first-order valence-corrected chi connectivity index (χ1v) is 8.60. The van der Waals surface area contributed by atoms with E-state index in [1.54, 1.807) is 16.8 Å². The summed E-state index contributed by atoms with van der Waals surface area (Å²) in [6, 6.07) is 12.7. The van der Waals surface area contributed by atoms with E-state index in [-0.39, 0.29) is 15.9 Å². The van der Waals surface area contributed by atoms with E-state index in [1.807, 2.05) is 45.0 Å². The highest BCUT2D eigenvalue weighted by molar-refractivity contribution is 7.99. The van der Waals surface area contributed by atoms with Crippen molar-refractivity contribution in [1.82, 2.24) is 20.2 Å². The van der Waals surface area contributed by atoms with Crippen LogP contribution >= 0.6 is 11.8 Å². The number of thioether (sulfide) groups is 1. The largest absolute Gasteiger partial charge is 0.269 e. The van der Waals surface area contributed by atoms with Crippen LogP contribution in [0.3, 0.4) is 0 Å². The lowest BCUT2D eigenvalue weighted by Gasteiger charge is -2.12. The van der Waals surface area contributed by atoms with Crippen LogP contribution in [0.1, 0.15) is 28.9 Å². The molecule has 0 radical (unpaired) electrons. The fourth-order valence-corrected chi connectivity index (χ4v) is 3.39. The molecule has 7 nitrogen and oxygen atoms in total. The molecule has 0 N–H and O–H groups in total. The maximum Gasteiger partial charge on any atom is 0.269 e. The number of aryl methyl sites for hydroxylation is 2. The van der Waals surface area contributed by atoms with Gasteiger partial charge in [0.25, 0.3) is 5.69 Å². The van der Waals surface area contributed by atoms with E-state index >= 15 is 0 Å². The van der Waals surface area contributed by atoms with Crippen molar-refractivity contribution in [3.05, 3.63) is 69.3 Å². The summed E-state index contributed by atoms with van der Waals surface area (Å²) in [4.78, 5) is 10.6. The van der Waals surface area contributed by atoms with Gasteiger partial charge in [-0.05, 0) is 54.0 Å². The molecule has 2 aromatic carbocycles. The number of non-ortho nitro benzene ring substituents is 1. The predicted molar refractivity (Wildman–Crippen MR) is 96.0 cm³/mol. The molecule has 0 spiro atoms. The molecule has 3 aromatic rings. The number of hydrogen-bond acceptors (Lipinski definition) is 6. The van der Waals surface area contributed by atoms with Crippen LogP contribution in [-0.4, -0.2) is 25.1 Å². The quantitative estimate of drug-likeness (QED) is 0.390. The Balaban J connectivity index is 1.90. The summed E-state index contributed by atoms with van der Waals surface area (Å²) in [6.45, 7) is 6.01. The van der Waals surface area contributed by atoms with Gasteiger partial charge in [-0.25, -0.2) is 0 Å². The van der Waals surface area contributed by atoms with Gasteiger partial charge >= 0.3 is 0 Å². The van der Waals surface area contributed by atoms with Crippen molar-refractivity contribution in [3.8, 4) is 5.69 Å². The fourth-order valence-electron chi connectivity index (χ4n) is 2.47. The second-order valence-electron chi connectivity index (χ2n) is 5.78. The number of nitro benzene ring substituents is 1. The van der Waals surface area contributed by atoms with Crippen molar-refractivity contribution in [1.29, 1.82) is 0 Å². The van der Waals surface area contributed by atoms with Crippen LogP contribution in [0.4, 0.5) is 5.69 Å². The molecule has 1 heterocycles. The molecule has 25 heavy (non-hydrogen) atoms. The van der Waals surface area contributed by atoms with Gasteiger partial charge in [0, 0.05) is 17.4 Å². The molecule has 128 valence electrons. The second-order valence-corrected chi connectivity index (χ2v) is 7.08.